The second-order valence-electron chi connectivity index (χ2n) is 4.42. The summed E-state index contributed by atoms with van der Waals surface area (Å²) in [5.41, 5.74) is 0.225. The lowest BCUT2D eigenvalue weighted by Gasteiger charge is -2.15. The molecule has 0 spiro atoms. The van der Waals surface area contributed by atoms with Crippen molar-refractivity contribution in [2.24, 2.45) is 13.0 Å². The second kappa shape index (κ2) is 5.47. The molecule has 6 heteroatoms. The first-order chi connectivity index (χ1) is 7.90. The summed E-state index contributed by atoms with van der Waals surface area (Å²) in [5.74, 6) is -1.29. The molecule has 0 bridgehead atoms. The zero-order valence-electron chi connectivity index (χ0n) is 10.2. The summed E-state index contributed by atoms with van der Waals surface area (Å²) < 4.78 is 1.63. The van der Waals surface area contributed by atoms with Gasteiger partial charge in [0.15, 0.2) is 0 Å². The maximum Gasteiger partial charge on any atom is 0.326 e. The third-order valence-corrected chi connectivity index (χ3v) is 2.25. The topological polar surface area (TPSA) is 84.2 Å². The van der Waals surface area contributed by atoms with Crippen LogP contribution in [0.25, 0.3) is 0 Å². The Morgan fingerprint density at radius 1 is 1.53 bits per heavy atom. The van der Waals surface area contributed by atoms with Gasteiger partial charge in [-0.05, 0) is 12.3 Å². The second-order valence-corrected chi connectivity index (χ2v) is 4.42. The quantitative estimate of drug-likeness (QED) is 0.790. The predicted molar refractivity (Wildman–Crippen MR) is 61.6 cm³/mol. The van der Waals surface area contributed by atoms with Crippen molar-refractivity contribution in [3.63, 3.8) is 0 Å². The van der Waals surface area contributed by atoms with Crippen LogP contribution in [0.2, 0.25) is 0 Å². The predicted octanol–water partition coefficient (Wildman–Crippen LogP) is 0.649. The summed E-state index contributed by atoms with van der Waals surface area (Å²) >= 11 is 0. The van der Waals surface area contributed by atoms with Crippen LogP contribution in [0.1, 0.15) is 30.8 Å². The lowest BCUT2D eigenvalue weighted by atomic mass is 10.0. The number of carboxylic acids is 1. The SMILES string of the molecule is CC(C)C[C@@H](NC(=O)c1cn(C)cn1)C(=O)O. The molecule has 17 heavy (non-hydrogen) atoms. The van der Waals surface area contributed by atoms with Gasteiger partial charge >= 0.3 is 5.97 Å². The van der Waals surface area contributed by atoms with Gasteiger partial charge in [-0.3, -0.25) is 4.79 Å². The molecule has 0 fully saturated rings. The number of carbonyl (C=O) groups excluding carboxylic acids is 1. The van der Waals surface area contributed by atoms with E-state index in [1.807, 2.05) is 13.8 Å². The van der Waals surface area contributed by atoms with Gasteiger partial charge in [-0.25, -0.2) is 9.78 Å². The molecule has 94 valence electrons. The smallest absolute Gasteiger partial charge is 0.326 e. The minimum absolute atomic E-state index is 0.195. The maximum atomic E-state index is 11.7. The van der Waals surface area contributed by atoms with Gasteiger partial charge in [0.25, 0.3) is 5.91 Å². The lowest BCUT2D eigenvalue weighted by Crippen LogP contribution is -2.41. The molecule has 1 atom stereocenters. The highest BCUT2D eigenvalue weighted by molar-refractivity contribution is 5.94. The van der Waals surface area contributed by atoms with E-state index >= 15 is 0 Å². The number of nitrogens with zero attached hydrogens (tertiary/aromatic N) is 2. The van der Waals surface area contributed by atoms with Crippen LogP contribution >= 0.6 is 0 Å². The minimum atomic E-state index is -1.03. The molecule has 0 saturated carbocycles. The Labute approximate surface area is 99.7 Å². The van der Waals surface area contributed by atoms with E-state index in [9.17, 15) is 9.59 Å². The van der Waals surface area contributed by atoms with Crippen LogP contribution in [0.5, 0.6) is 0 Å². The van der Waals surface area contributed by atoms with Gasteiger partial charge in [-0.15, -0.1) is 0 Å². The number of aliphatic carboxylic acids is 1. The van der Waals surface area contributed by atoms with Crippen molar-refractivity contribution in [2.75, 3.05) is 0 Å². The molecule has 0 aliphatic rings. The molecule has 1 aromatic heterocycles. The molecular formula is C11H17N3O3. The van der Waals surface area contributed by atoms with Gasteiger partial charge in [0.1, 0.15) is 11.7 Å². The number of hydrogen-bond acceptors (Lipinski definition) is 3. The highest BCUT2D eigenvalue weighted by Crippen LogP contribution is 2.06. The van der Waals surface area contributed by atoms with Crippen molar-refractivity contribution in [3.05, 3.63) is 18.2 Å². The molecule has 0 unspecified atom stereocenters. The number of carbonyl (C=O) groups is 2. The van der Waals surface area contributed by atoms with Gasteiger partial charge in [0.05, 0.1) is 6.33 Å². The first-order valence-corrected chi connectivity index (χ1v) is 5.41. The number of aryl methyl sites for hydroxylation is 1. The van der Waals surface area contributed by atoms with E-state index in [4.69, 9.17) is 5.11 Å². The number of aromatic nitrogens is 2. The van der Waals surface area contributed by atoms with Crippen molar-refractivity contribution >= 4 is 11.9 Å². The van der Waals surface area contributed by atoms with Crippen LogP contribution in [-0.2, 0) is 11.8 Å². The molecule has 0 aliphatic carbocycles. The van der Waals surface area contributed by atoms with Crippen molar-refractivity contribution in [1.82, 2.24) is 14.9 Å². The summed E-state index contributed by atoms with van der Waals surface area (Å²) in [4.78, 5) is 26.5. The van der Waals surface area contributed by atoms with Crippen LogP contribution in [0.4, 0.5) is 0 Å². The van der Waals surface area contributed by atoms with Crippen LogP contribution in [0.15, 0.2) is 12.5 Å². The Kier molecular flexibility index (Phi) is 4.25. The number of imidazole rings is 1. The lowest BCUT2D eigenvalue weighted by molar-refractivity contribution is -0.139. The van der Waals surface area contributed by atoms with E-state index in [0.29, 0.717) is 6.42 Å². The zero-order chi connectivity index (χ0) is 13.0. The van der Waals surface area contributed by atoms with Gasteiger partial charge < -0.3 is 15.0 Å². The Morgan fingerprint density at radius 3 is 2.59 bits per heavy atom. The first-order valence-electron chi connectivity index (χ1n) is 5.41. The van der Waals surface area contributed by atoms with E-state index in [0.717, 1.165) is 0 Å². The van der Waals surface area contributed by atoms with Crippen LogP contribution in [-0.4, -0.2) is 32.6 Å². The van der Waals surface area contributed by atoms with Crippen LogP contribution in [0, 0.1) is 5.92 Å². The summed E-state index contributed by atoms with van der Waals surface area (Å²) in [6, 6.07) is -0.871. The standard InChI is InChI=1S/C11H17N3O3/c1-7(2)4-8(11(16)17)13-10(15)9-5-14(3)6-12-9/h5-8H,4H2,1-3H3,(H,13,15)(H,16,17)/t8-/m1/s1. The fraction of sp³-hybridized carbons (Fsp3) is 0.545. The van der Waals surface area contributed by atoms with Crippen LogP contribution < -0.4 is 5.32 Å². The van der Waals surface area contributed by atoms with E-state index in [1.165, 1.54) is 6.33 Å². The summed E-state index contributed by atoms with van der Waals surface area (Å²) in [6.07, 6.45) is 3.44. The average Bonchev–Trinajstić information content (AvgIpc) is 2.63. The summed E-state index contributed by atoms with van der Waals surface area (Å²) in [5, 5.41) is 11.4. The first kappa shape index (κ1) is 13.2. The molecule has 0 aliphatic heterocycles. The highest BCUT2D eigenvalue weighted by Gasteiger charge is 2.22. The van der Waals surface area contributed by atoms with Crippen molar-refractivity contribution < 1.29 is 14.7 Å². The Morgan fingerprint density at radius 2 is 2.18 bits per heavy atom. The average molecular weight is 239 g/mol. The highest BCUT2D eigenvalue weighted by atomic mass is 16.4. The van der Waals surface area contributed by atoms with Gasteiger partial charge in [0.2, 0.25) is 0 Å². The number of carboxylic acid groups (broad SMARTS) is 1. The minimum Gasteiger partial charge on any atom is -0.480 e. The molecule has 0 radical (unpaired) electrons. The molecular weight excluding hydrogens is 222 g/mol. The monoisotopic (exact) mass is 239 g/mol. The zero-order valence-corrected chi connectivity index (χ0v) is 10.2. The molecule has 2 N–H and O–H groups in total. The number of nitrogens with one attached hydrogen (secondary N) is 1. The molecule has 1 heterocycles. The summed E-state index contributed by atoms with van der Waals surface area (Å²) in [7, 11) is 1.74. The van der Waals surface area contributed by atoms with E-state index in [1.54, 1.807) is 17.8 Å². The summed E-state index contributed by atoms with van der Waals surface area (Å²) in [6.45, 7) is 3.81. The molecule has 1 aromatic rings. The number of rotatable bonds is 5. The molecule has 1 rings (SSSR count). The van der Waals surface area contributed by atoms with Crippen molar-refractivity contribution in [3.8, 4) is 0 Å². The van der Waals surface area contributed by atoms with Crippen LogP contribution in [0.3, 0.4) is 0 Å². The van der Waals surface area contributed by atoms with E-state index in [2.05, 4.69) is 10.3 Å². The number of amides is 1. The fourth-order valence-corrected chi connectivity index (χ4v) is 1.46. The maximum absolute atomic E-state index is 11.7. The number of hydrogen-bond donors (Lipinski definition) is 2. The molecule has 0 aromatic carbocycles. The van der Waals surface area contributed by atoms with E-state index < -0.39 is 17.9 Å². The third-order valence-electron chi connectivity index (χ3n) is 2.25. The Bertz CT molecular complexity index is 412. The third kappa shape index (κ3) is 3.90. The van der Waals surface area contributed by atoms with Gasteiger partial charge in [-0.2, -0.15) is 0 Å². The van der Waals surface area contributed by atoms with Gasteiger partial charge in [0, 0.05) is 13.2 Å². The molecule has 0 saturated heterocycles. The fourth-order valence-electron chi connectivity index (χ4n) is 1.46. The molecule has 1 amide bonds. The van der Waals surface area contributed by atoms with Gasteiger partial charge in [-0.1, -0.05) is 13.8 Å². The van der Waals surface area contributed by atoms with E-state index in [-0.39, 0.29) is 11.6 Å². The Hall–Kier alpha value is -1.85. The molecule has 6 nitrogen and oxygen atoms in total. The van der Waals surface area contributed by atoms with Crippen molar-refractivity contribution in [1.29, 1.82) is 0 Å². The largest absolute Gasteiger partial charge is 0.480 e. The Balaban J connectivity index is 2.67. The van der Waals surface area contributed by atoms with Crippen molar-refractivity contribution in [2.45, 2.75) is 26.3 Å². The normalized spacial score (nSPS) is 12.5.